The zero-order chi connectivity index (χ0) is 20.1. The molecule has 7 heteroatoms. The Kier molecular flexibility index (Phi) is 6.24. The van der Waals surface area contributed by atoms with Crippen molar-refractivity contribution in [3.8, 4) is 11.8 Å². The lowest BCUT2D eigenvalue weighted by Gasteiger charge is -2.18. The highest BCUT2D eigenvalue weighted by Gasteiger charge is 2.27. The number of nitrogens with zero attached hydrogens (tertiary/aromatic N) is 1. The maximum Gasteiger partial charge on any atom is 0.342 e. The number of hydrogen-bond donors (Lipinski definition) is 1. The second-order valence-corrected chi connectivity index (χ2v) is 6.28. The van der Waals surface area contributed by atoms with Crippen LogP contribution in [0, 0.1) is 18.3 Å². The van der Waals surface area contributed by atoms with Crippen molar-refractivity contribution in [3.05, 3.63) is 46.7 Å². The molecule has 1 aromatic heterocycles. The third kappa shape index (κ3) is 4.29. The Labute approximate surface area is 157 Å². The summed E-state index contributed by atoms with van der Waals surface area (Å²) in [5.41, 5.74) is 0.896. The van der Waals surface area contributed by atoms with Gasteiger partial charge in [0.25, 0.3) is 5.91 Å². The predicted octanol–water partition coefficient (Wildman–Crippen LogP) is 3.78. The van der Waals surface area contributed by atoms with Crippen molar-refractivity contribution in [1.29, 1.82) is 5.26 Å². The SMILES string of the molecule is COC(=O)c1c(C)oc(NC(=O)C(C)Oc2ccccc2C(C)C)c1C#N. The van der Waals surface area contributed by atoms with Crippen molar-refractivity contribution in [2.75, 3.05) is 12.4 Å². The highest BCUT2D eigenvalue weighted by atomic mass is 16.5. The number of rotatable bonds is 6. The summed E-state index contributed by atoms with van der Waals surface area (Å²) in [6.45, 7) is 7.18. The second kappa shape index (κ2) is 8.41. The molecule has 2 rings (SSSR count). The van der Waals surface area contributed by atoms with Crippen molar-refractivity contribution < 1.29 is 23.5 Å². The molecular weight excluding hydrogens is 348 g/mol. The van der Waals surface area contributed by atoms with Crippen LogP contribution in [-0.2, 0) is 9.53 Å². The fourth-order valence-electron chi connectivity index (χ4n) is 2.61. The van der Waals surface area contributed by atoms with E-state index in [0.717, 1.165) is 5.56 Å². The van der Waals surface area contributed by atoms with E-state index in [1.807, 2.05) is 38.1 Å². The van der Waals surface area contributed by atoms with Gasteiger partial charge in [0, 0.05) is 0 Å². The standard InChI is InChI=1S/C20H22N2O5/c1-11(2)14-8-6-7-9-16(14)26-13(4)18(23)22-19-15(10-21)17(12(3)27-19)20(24)25-5/h6-9,11,13H,1-5H3,(H,22,23). The van der Waals surface area contributed by atoms with E-state index in [2.05, 4.69) is 10.1 Å². The van der Waals surface area contributed by atoms with Crippen LogP contribution in [0.15, 0.2) is 28.7 Å². The van der Waals surface area contributed by atoms with Gasteiger partial charge in [0.1, 0.15) is 28.7 Å². The Morgan fingerprint density at radius 2 is 1.89 bits per heavy atom. The van der Waals surface area contributed by atoms with E-state index in [0.29, 0.717) is 5.75 Å². The van der Waals surface area contributed by atoms with Crippen molar-refractivity contribution >= 4 is 17.8 Å². The minimum absolute atomic E-state index is 0.00553. The van der Waals surface area contributed by atoms with Crippen LogP contribution in [0.5, 0.6) is 5.75 Å². The smallest absolute Gasteiger partial charge is 0.342 e. The van der Waals surface area contributed by atoms with Crippen molar-refractivity contribution in [1.82, 2.24) is 0 Å². The topological polar surface area (TPSA) is 102 Å². The average molecular weight is 370 g/mol. The molecule has 1 heterocycles. The summed E-state index contributed by atoms with van der Waals surface area (Å²) in [4.78, 5) is 24.3. The number of benzene rings is 1. The molecule has 1 N–H and O–H groups in total. The van der Waals surface area contributed by atoms with Crippen LogP contribution in [0.1, 0.15) is 53.9 Å². The Morgan fingerprint density at radius 1 is 1.22 bits per heavy atom. The van der Waals surface area contributed by atoms with Crippen LogP contribution in [0.3, 0.4) is 0 Å². The molecule has 27 heavy (non-hydrogen) atoms. The number of amides is 1. The first-order valence-electron chi connectivity index (χ1n) is 8.48. The number of esters is 1. The minimum Gasteiger partial charge on any atom is -0.481 e. The number of nitrogens with one attached hydrogen (secondary N) is 1. The van der Waals surface area contributed by atoms with Gasteiger partial charge in [0.15, 0.2) is 6.10 Å². The zero-order valence-electron chi connectivity index (χ0n) is 16.0. The van der Waals surface area contributed by atoms with E-state index >= 15 is 0 Å². The molecule has 0 aliphatic heterocycles. The Morgan fingerprint density at radius 3 is 2.48 bits per heavy atom. The molecule has 0 aliphatic rings. The molecule has 0 aliphatic carbocycles. The van der Waals surface area contributed by atoms with Crippen molar-refractivity contribution in [3.63, 3.8) is 0 Å². The minimum atomic E-state index is -0.844. The molecule has 1 amide bonds. The van der Waals surface area contributed by atoms with Crippen molar-refractivity contribution in [2.24, 2.45) is 0 Å². The average Bonchev–Trinajstić information content (AvgIpc) is 2.96. The van der Waals surface area contributed by atoms with E-state index < -0.39 is 18.0 Å². The number of carbonyl (C=O) groups is 2. The lowest BCUT2D eigenvalue weighted by atomic mass is 10.0. The van der Waals surface area contributed by atoms with E-state index in [4.69, 9.17) is 9.15 Å². The third-order valence-electron chi connectivity index (χ3n) is 4.04. The number of anilines is 1. The normalized spacial score (nSPS) is 11.6. The molecule has 142 valence electrons. The van der Waals surface area contributed by atoms with E-state index in [-0.39, 0.29) is 28.7 Å². The molecule has 0 fully saturated rings. The summed E-state index contributed by atoms with van der Waals surface area (Å²) in [5.74, 6) is -0.280. The second-order valence-electron chi connectivity index (χ2n) is 6.28. The zero-order valence-corrected chi connectivity index (χ0v) is 16.0. The number of nitriles is 1. The van der Waals surface area contributed by atoms with Gasteiger partial charge in [-0.1, -0.05) is 32.0 Å². The van der Waals surface area contributed by atoms with Gasteiger partial charge in [-0.2, -0.15) is 5.26 Å². The van der Waals surface area contributed by atoms with Gasteiger partial charge in [-0.15, -0.1) is 0 Å². The molecule has 0 spiro atoms. The van der Waals surface area contributed by atoms with Crippen LogP contribution in [0.4, 0.5) is 5.88 Å². The molecule has 0 saturated carbocycles. The first-order chi connectivity index (χ1) is 12.8. The largest absolute Gasteiger partial charge is 0.481 e. The van der Waals surface area contributed by atoms with Crippen LogP contribution in [0.25, 0.3) is 0 Å². The van der Waals surface area contributed by atoms with Gasteiger partial charge in [-0.25, -0.2) is 4.79 Å². The van der Waals surface area contributed by atoms with E-state index in [1.54, 1.807) is 13.0 Å². The number of carbonyl (C=O) groups excluding carboxylic acids is 2. The number of ether oxygens (including phenoxy) is 2. The van der Waals surface area contributed by atoms with Gasteiger partial charge >= 0.3 is 5.97 Å². The summed E-state index contributed by atoms with van der Waals surface area (Å²) < 4.78 is 15.8. The Hall–Kier alpha value is -3.27. The maximum atomic E-state index is 12.5. The number of para-hydroxylation sites is 1. The summed E-state index contributed by atoms with van der Waals surface area (Å²) >= 11 is 0. The molecule has 1 unspecified atom stereocenters. The first-order valence-corrected chi connectivity index (χ1v) is 8.48. The molecule has 0 radical (unpaired) electrons. The number of furan rings is 1. The molecule has 0 saturated heterocycles. The monoisotopic (exact) mass is 370 g/mol. The Balaban J connectivity index is 2.21. The van der Waals surface area contributed by atoms with Gasteiger partial charge < -0.3 is 13.9 Å². The fourth-order valence-corrected chi connectivity index (χ4v) is 2.61. The molecule has 1 atom stereocenters. The summed E-state index contributed by atoms with van der Waals surface area (Å²) in [5, 5.41) is 11.9. The molecular formula is C20H22N2O5. The lowest BCUT2D eigenvalue weighted by Crippen LogP contribution is -2.30. The van der Waals surface area contributed by atoms with Gasteiger partial charge in [-0.3, -0.25) is 10.1 Å². The predicted molar refractivity (Wildman–Crippen MR) is 98.8 cm³/mol. The fraction of sp³-hybridized carbons (Fsp3) is 0.350. The summed E-state index contributed by atoms with van der Waals surface area (Å²) in [6.07, 6.45) is -0.844. The van der Waals surface area contributed by atoms with E-state index in [9.17, 15) is 14.9 Å². The van der Waals surface area contributed by atoms with Crippen LogP contribution >= 0.6 is 0 Å². The number of hydrogen-bond acceptors (Lipinski definition) is 6. The summed E-state index contributed by atoms with van der Waals surface area (Å²) in [7, 11) is 1.20. The van der Waals surface area contributed by atoms with E-state index in [1.165, 1.54) is 14.0 Å². The van der Waals surface area contributed by atoms with Gasteiger partial charge in [-0.05, 0) is 31.4 Å². The summed E-state index contributed by atoms with van der Waals surface area (Å²) in [6, 6.07) is 9.35. The molecule has 0 bridgehead atoms. The van der Waals surface area contributed by atoms with Crippen LogP contribution < -0.4 is 10.1 Å². The third-order valence-corrected chi connectivity index (χ3v) is 4.04. The first kappa shape index (κ1) is 20.0. The molecule has 1 aromatic carbocycles. The lowest BCUT2D eigenvalue weighted by molar-refractivity contribution is -0.122. The van der Waals surface area contributed by atoms with Crippen molar-refractivity contribution in [2.45, 2.75) is 39.7 Å². The van der Waals surface area contributed by atoms with Gasteiger partial charge in [0.05, 0.1) is 7.11 Å². The Bertz CT molecular complexity index is 892. The van der Waals surface area contributed by atoms with Crippen LogP contribution in [0.2, 0.25) is 0 Å². The quantitative estimate of drug-likeness (QED) is 0.777. The van der Waals surface area contributed by atoms with Crippen LogP contribution in [-0.4, -0.2) is 25.1 Å². The molecule has 2 aromatic rings. The highest BCUT2D eigenvalue weighted by Crippen LogP contribution is 2.29. The highest BCUT2D eigenvalue weighted by molar-refractivity contribution is 5.99. The van der Waals surface area contributed by atoms with Gasteiger partial charge in [0.2, 0.25) is 5.88 Å². The number of aryl methyl sites for hydroxylation is 1. The number of methoxy groups -OCH3 is 1. The maximum absolute atomic E-state index is 12.5. The molecule has 7 nitrogen and oxygen atoms in total.